The molecule has 2 fully saturated rings. The van der Waals surface area contributed by atoms with Crippen molar-refractivity contribution in [3.05, 3.63) is 12.7 Å². The lowest BCUT2D eigenvalue weighted by molar-refractivity contribution is -0.122. The highest BCUT2D eigenvalue weighted by Gasteiger charge is 2.63. The molecule has 0 aliphatic heterocycles. The van der Waals surface area contributed by atoms with Crippen LogP contribution in [0.5, 0.6) is 0 Å². The molecule has 2 aliphatic rings. The largest absolute Gasteiger partial charge is 0.444 e. The Labute approximate surface area is 162 Å². The second kappa shape index (κ2) is 7.45. The van der Waals surface area contributed by atoms with Crippen molar-refractivity contribution < 1.29 is 22.7 Å². The number of rotatable bonds is 9. The molecule has 2 rings (SSSR count). The van der Waals surface area contributed by atoms with Crippen molar-refractivity contribution in [2.75, 3.05) is 0 Å². The minimum Gasteiger partial charge on any atom is -0.444 e. The summed E-state index contributed by atoms with van der Waals surface area (Å²) in [6.45, 7) is 10.7. The van der Waals surface area contributed by atoms with E-state index in [9.17, 15) is 18.0 Å². The molecule has 0 aromatic carbocycles. The molecule has 2 unspecified atom stereocenters. The number of carbonyl (C=O) groups is 2. The molecule has 154 valence electrons. The van der Waals surface area contributed by atoms with Gasteiger partial charge in [0.15, 0.2) is 0 Å². The molecule has 0 spiro atoms. The maximum Gasteiger partial charge on any atom is 0.408 e. The number of amides is 2. The predicted octanol–water partition coefficient (Wildman–Crippen LogP) is 3.01. The van der Waals surface area contributed by atoms with Gasteiger partial charge in [0.25, 0.3) is 5.91 Å². The molecule has 8 heteroatoms. The van der Waals surface area contributed by atoms with Crippen LogP contribution in [-0.4, -0.2) is 36.3 Å². The number of ether oxygens (including phenoxy) is 1. The average molecular weight is 401 g/mol. The highest BCUT2D eigenvalue weighted by atomic mass is 32.2. The number of carbonyl (C=O) groups excluding carboxylic acids is 2. The maximum absolute atomic E-state index is 12.8. The fourth-order valence-electron chi connectivity index (χ4n) is 3.48. The molecule has 2 amide bonds. The van der Waals surface area contributed by atoms with Crippen LogP contribution in [0.1, 0.15) is 72.6 Å². The monoisotopic (exact) mass is 400 g/mol. The van der Waals surface area contributed by atoms with Gasteiger partial charge in [-0.25, -0.2) is 13.2 Å². The Morgan fingerprint density at radius 3 is 2.37 bits per heavy atom. The second-order valence-corrected chi connectivity index (χ2v) is 10.8. The van der Waals surface area contributed by atoms with Crippen LogP contribution in [0, 0.1) is 5.92 Å². The van der Waals surface area contributed by atoms with E-state index in [0.717, 1.165) is 12.8 Å². The molecule has 0 heterocycles. The fourth-order valence-corrected chi connectivity index (χ4v) is 5.17. The van der Waals surface area contributed by atoms with Gasteiger partial charge in [0.2, 0.25) is 10.0 Å². The highest BCUT2D eigenvalue weighted by molar-refractivity contribution is 7.91. The summed E-state index contributed by atoms with van der Waals surface area (Å²) >= 11 is 0. The molecule has 0 bridgehead atoms. The molecule has 0 aromatic heterocycles. The van der Waals surface area contributed by atoms with E-state index >= 15 is 0 Å². The number of unbranched alkanes of at least 4 members (excludes halogenated alkanes) is 1. The molecular formula is C19H32N2O5S. The summed E-state index contributed by atoms with van der Waals surface area (Å²) in [5.74, 6) is -0.758. The number of hydrogen-bond acceptors (Lipinski definition) is 5. The van der Waals surface area contributed by atoms with Gasteiger partial charge in [-0.15, -0.1) is 6.58 Å². The zero-order valence-corrected chi connectivity index (χ0v) is 17.6. The zero-order chi connectivity index (χ0) is 20.5. The van der Waals surface area contributed by atoms with Gasteiger partial charge in [0.05, 0.1) is 4.75 Å². The first kappa shape index (κ1) is 21.7. The third-order valence-corrected chi connectivity index (χ3v) is 7.58. The Kier molecular flexibility index (Phi) is 5.99. The van der Waals surface area contributed by atoms with Gasteiger partial charge in [0.1, 0.15) is 11.1 Å². The summed E-state index contributed by atoms with van der Waals surface area (Å²) in [6.07, 6.45) is 5.19. The highest BCUT2D eigenvalue weighted by Crippen LogP contribution is 2.49. The quantitative estimate of drug-likeness (QED) is 0.458. The number of nitrogens with one attached hydrogen (secondary N) is 2. The Morgan fingerprint density at radius 2 is 1.93 bits per heavy atom. The Hall–Kier alpha value is -1.57. The normalized spacial score (nSPS) is 26.0. The zero-order valence-electron chi connectivity index (χ0n) is 16.8. The van der Waals surface area contributed by atoms with Crippen LogP contribution in [0.2, 0.25) is 0 Å². The standard InChI is InChI=1S/C19H32N2O5S/c1-6-8-9-10-18(11-12-18)27(24,25)21-15(22)19(13-14(19)7-2)20-16(23)26-17(3,4)5/h6,14H,1,7-13H2,2-5H3,(H,20,23)(H,21,22). The molecular weight excluding hydrogens is 368 g/mol. The summed E-state index contributed by atoms with van der Waals surface area (Å²) in [5.41, 5.74) is -1.91. The lowest BCUT2D eigenvalue weighted by Crippen LogP contribution is -2.54. The third-order valence-electron chi connectivity index (χ3n) is 5.37. The van der Waals surface area contributed by atoms with Crippen LogP contribution in [0.4, 0.5) is 4.79 Å². The average Bonchev–Trinajstić information content (AvgIpc) is 3.40. The molecule has 0 saturated heterocycles. The SMILES string of the molecule is C=CCCCC1(S(=O)(=O)NC(=O)C2(NC(=O)OC(C)(C)C)CC2CC)CC1. The van der Waals surface area contributed by atoms with E-state index < -0.39 is 37.9 Å². The van der Waals surface area contributed by atoms with E-state index in [2.05, 4.69) is 16.6 Å². The third kappa shape index (κ3) is 4.83. The lowest BCUT2D eigenvalue weighted by atomic mass is 10.1. The van der Waals surface area contributed by atoms with E-state index in [1.54, 1.807) is 26.8 Å². The first-order valence-electron chi connectivity index (χ1n) is 9.60. The number of allylic oxidation sites excluding steroid dienone is 1. The number of sulfonamides is 1. The molecule has 0 aromatic rings. The molecule has 2 atom stereocenters. The van der Waals surface area contributed by atoms with Crippen LogP contribution in [0.3, 0.4) is 0 Å². The molecule has 0 radical (unpaired) electrons. The minimum absolute atomic E-state index is 0.101. The Morgan fingerprint density at radius 1 is 1.30 bits per heavy atom. The summed E-state index contributed by atoms with van der Waals surface area (Å²) < 4.78 is 32.2. The van der Waals surface area contributed by atoms with Crippen molar-refractivity contribution in [2.24, 2.45) is 5.92 Å². The molecule has 27 heavy (non-hydrogen) atoms. The molecule has 2 N–H and O–H groups in total. The number of alkyl carbamates (subject to hydrolysis) is 1. The van der Waals surface area contributed by atoms with Crippen LogP contribution in [0.15, 0.2) is 12.7 Å². The van der Waals surface area contributed by atoms with Crippen LogP contribution < -0.4 is 10.0 Å². The smallest absolute Gasteiger partial charge is 0.408 e. The first-order valence-corrected chi connectivity index (χ1v) is 11.1. The second-order valence-electron chi connectivity index (χ2n) is 8.71. The van der Waals surface area contributed by atoms with Crippen molar-refractivity contribution in [2.45, 2.75) is 88.5 Å². The van der Waals surface area contributed by atoms with Crippen molar-refractivity contribution in [3.63, 3.8) is 0 Å². The van der Waals surface area contributed by atoms with Gasteiger partial charge in [0, 0.05) is 0 Å². The number of hydrogen-bond donors (Lipinski definition) is 2. The van der Waals surface area contributed by atoms with Gasteiger partial charge >= 0.3 is 6.09 Å². The van der Waals surface area contributed by atoms with Crippen LogP contribution in [0.25, 0.3) is 0 Å². The fraction of sp³-hybridized carbons (Fsp3) is 0.789. The molecule has 2 saturated carbocycles. The van der Waals surface area contributed by atoms with Gasteiger partial charge in [-0.2, -0.15) is 0 Å². The Bertz CT molecular complexity index is 706. The summed E-state index contributed by atoms with van der Waals surface area (Å²) in [7, 11) is -3.80. The van der Waals surface area contributed by atoms with Crippen molar-refractivity contribution in [3.8, 4) is 0 Å². The van der Waals surface area contributed by atoms with Crippen molar-refractivity contribution in [1.82, 2.24) is 10.0 Å². The van der Waals surface area contributed by atoms with Crippen LogP contribution >= 0.6 is 0 Å². The van der Waals surface area contributed by atoms with Gasteiger partial charge in [-0.3, -0.25) is 9.52 Å². The molecule has 7 nitrogen and oxygen atoms in total. The summed E-state index contributed by atoms with van der Waals surface area (Å²) in [6, 6.07) is 0. The lowest BCUT2D eigenvalue weighted by Gasteiger charge is -2.25. The van der Waals surface area contributed by atoms with Gasteiger partial charge in [-0.1, -0.05) is 19.4 Å². The molecule has 2 aliphatic carbocycles. The van der Waals surface area contributed by atoms with Gasteiger partial charge < -0.3 is 10.1 Å². The van der Waals surface area contributed by atoms with E-state index in [4.69, 9.17) is 4.74 Å². The maximum atomic E-state index is 12.8. The topological polar surface area (TPSA) is 102 Å². The first-order chi connectivity index (χ1) is 12.4. The predicted molar refractivity (Wildman–Crippen MR) is 104 cm³/mol. The van der Waals surface area contributed by atoms with Crippen molar-refractivity contribution in [1.29, 1.82) is 0 Å². The summed E-state index contributed by atoms with van der Waals surface area (Å²) in [5, 5.41) is 2.62. The van der Waals surface area contributed by atoms with Crippen molar-refractivity contribution >= 4 is 22.0 Å². The van der Waals surface area contributed by atoms with Crippen LogP contribution in [-0.2, 0) is 19.6 Å². The van der Waals surface area contributed by atoms with E-state index in [1.165, 1.54) is 0 Å². The minimum atomic E-state index is -3.80. The Balaban J connectivity index is 2.07. The van der Waals surface area contributed by atoms with E-state index in [-0.39, 0.29) is 5.92 Å². The van der Waals surface area contributed by atoms with E-state index in [0.29, 0.717) is 32.1 Å². The van der Waals surface area contributed by atoms with Gasteiger partial charge in [-0.05, 0) is 65.2 Å². The summed E-state index contributed by atoms with van der Waals surface area (Å²) in [4.78, 5) is 25.0. The van der Waals surface area contributed by atoms with E-state index in [1.807, 2.05) is 6.92 Å².